The number of morpholine rings is 1. The van der Waals surface area contributed by atoms with Gasteiger partial charge in [-0.3, -0.25) is 14.6 Å². The van der Waals surface area contributed by atoms with E-state index in [2.05, 4.69) is 10.1 Å². The fourth-order valence-electron chi connectivity index (χ4n) is 4.27. The first-order chi connectivity index (χ1) is 17.1. The normalized spacial score (nSPS) is 20.0. The van der Waals surface area contributed by atoms with Gasteiger partial charge < -0.3 is 14.3 Å². The Morgan fingerprint density at radius 2 is 1.83 bits per heavy atom. The van der Waals surface area contributed by atoms with E-state index in [4.69, 9.17) is 14.3 Å². The zero-order valence-electron chi connectivity index (χ0n) is 20.2. The Balaban J connectivity index is 1.43. The molecule has 0 aliphatic carbocycles. The molecule has 1 atom stereocenters. The number of amides is 1. The van der Waals surface area contributed by atoms with Crippen LogP contribution >= 0.6 is 0 Å². The molecule has 2 aromatic carbocycles. The molecule has 8 heteroatoms. The first kappa shape index (κ1) is 24.6. The van der Waals surface area contributed by atoms with E-state index in [-0.39, 0.29) is 11.9 Å². The smallest absolute Gasteiger partial charge is 0.337 e. The molecule has 184 valence electrons. The Hall–Kier alpha value is -3.49. The zero-order chi connectivity index (χ0) is 24.6. The van der Waals surface area contributed by atoms with E-state index >= 15 is 0 Å². The highest BCUT2D eigenvalue weighted by atomic mass is 16.6. The van der Waals surface area contributed by atoms with Gasteiger partial charge in [-0.05, 0) is 49.2 Å². The van der Waals surface area contributed by atoms with Crippen LogP contribution in [0.5, 0.6) is 0 Å². The molecule has 0 aromatic heterocycles. The minimum Gasteiger partial charge on any atom is -0.465 e. The van der Waals surface area contributed by atoms with Crippen molar-refractivity contribution in [3.63, 3.8) is 0 Å². The molecule has 2 fully saturated rings. The number of β-lactam (4-membered cyclic amide) rings is 1. The van der Waals surface area contributed by atoms with Crippen molar-refractivity contribution in [2.24, 2.45) is 5.16 Å². The lowest BCUT2D eigenvalue weighted by Crippen LogP contribution is -2.49. The number of esters is 1. The number of hydrogen-bond donors (Lipinski definition) is 0. The number of nitrogens with zero attached hydrogens (tertiary/aromatic N) is 3. The molecule has 0 radical (unpaired) electrons. The SMILES string of the molecule is COC(=O)c1ccc(N2C(=O)/C(=C/C(C)=N/OCCCN3CCOCC3)C2c2ccccc2)cc1. The van der Waals surface area contributed by atoms with Crippen molar-refractivity contribution in [3.8, 4) is 0 Å². The number of carbonyl (C=O) groups is 2. The number of ether oxygens (including phenoxy) is 2. The predicted octanol–water partition coefficient (Wildman–Crippen LogP) is 3.60. The number of carbonyl (C=O) groups excluding carboxylic acids is 2. The van der Waals surface area contributed by atoms with Crippen LogP contribution in [0, 0.1) is 0 Å². The Labute approximate surface area is 205 Å². The first-order valence-electron chi connectivity index (χ1n) is 11.8. The second kappa shape index (κ2) is 11.8. The summed E-state index contributed by atoms with van der Waals surface area (Å²) in [6.07, 6.45) is 2.68. The maximum absolute atomic E-state index is 13.2. The quantitative estimate of drug-likeness (QED) is 0.137. The van der Waals surface area contributed by atoms with E-state index < -0.39 is 5.97 Å². The lowest BCUT2D eigenvalue weighted by molar-refractivity contribution is -0.119. The van der Waals surface area contributed by atoms with Crippen LogP contribution < -0.4 is 4.90 Å². The molecule has 0 saturated carbocycles. The minimum absolute atomic E-state index is 0.105. The average molecular weight is 478 g/mol. The number of oxime groups is 1. The van der Waals surface area contributed by atoms with Crippen LogP contribution in [-0.4, -0.2) is 69.1 Å². The van der Waals surface area contributed by atoms with E-state index in [0.29, 0.717) is 29.1 Å². The summed E-state index contributed by atoms with van der Waals surface area (Å²) in [6, 6.07) is 16.4. The maximum atomic E-state index is 13.2. The fraction of sp³-hybridized carbons (Fsp3) is 0.370. The van der Waals surface area contributed by atoms with Crippen molar-refractivity contribution in [2.45, 2.75) is 19.4 Å². The molecule has 0 N–H and O–H groups in total. The molecular weight excluding hydrogens is 446 g/mol. The first-order valence-corrected chi connectivity index (χ1v) is 11.8. The van der Waals surface area contributed by atoms with Gasteiger partial charge in [-0.1, -0.05) is 35.5 Å². The Kier molecular flexibility index (Phi) is 8.28. The van der Waals surface area contributed by atoms with E-state index in [0.717, 1.165) is 44.8 Å². The highest BCUT2D eigenvalue weighted by Gasteiger charge is 2.43. The molecule has 35 heavy (non-hydrogen) atoms. The van der Waals surface area contributed by atoms with Crippen LogP contribution in [0.25, 0.3) is 0 Å². The van der Waals surface area contributed by atoms with Gasteiger partial charge in [-0.2, -0.15) is 0 Å². The molecule has 2 heterocycles. The molecule has 2 saturated heterocycles. The molecule has 0 bridgehead atoms. The van der Waals surface area contributed by atoms with Crippen LogP contribution in [-0.2, 0) is 19.1 Å². The van der Waals surface area contributed by atoms with Crippen LogP contribution in [0.15, 0.2) is 71.4 Å². The number of allylic oxidation sites excluding steroid dienone is 1. The predicted molar refractivity (Wildman–Crippen MR) is 133 cm³/mol. The molecule has 2 aliphatic rings. The second-order valence-electron chi connectivity index (χ2n) is 8.50. The summed E-state index contributed by atoms with van der Waals surface area (Å²) in [4.78, 5) is 34.5. The number of rotatable bonds is 9. The number of methoxy groups -OCH3 is 1. The van der Waals surface area contributed by atoms with Crippen molar-refractivity contribution < 1.29 is 23.9 Å². The van der Waals surface area contributed by atoms with Gasteiger partial charge in [0.1, 0.15) is 6.61 Å². The van der Waals surface area contributed by atoms with Gasteiger partial charge >= 0.3 is 5.97 Å². The van der Waals surface area contributed by atoms with Gasteiger partial charge in [0.05, 0.1) is 37.6 Å². The highest BCUT2D eigenvalue weighted by Crippen LogP contribution is 2.43. The topological polar surface area (TPSA) is 80.7 Å². The number of hydrogen-bond acceptors (Lipinski definition) is 7. The van der Waals surface area contributed by atoms with Gasteiger partial charge in [-0.25, -0.2) is 4.79 Å². The maximum Gasteiger partial charge on any atom is 0.337 e. The Morgan fingerprint density at radius 1 is 1.11 bits per heavy atom. The Morgan fingerprint density at radius 3 is 2.51 bits per heavy atom. The van der Waals surface area contributed by atoms with Gasteiger partial charge in [0.25, 0.3) is 5.91 Å². The van der Waals surface area contributed by atoms with Crippen molar-refractivity contribution in [1.82, 2.24) is 4.90 Å². The third kappa shape index (κ3) is 5.96. The van der Waals surface area contributed by atoms with Gasteiger partial charge in [-0.15, -0.1) is 0 Å². The lowest BCUT2D eigenvalue weighted by Gasteiger charge is -2.43. The molecule has 2 aliphatic heterocycles. The molecule has 0 spiro atoms. The van der Waals surface area contributed by atoms with Crippen LogP contribution in [0.3, 0.4) is 0 Å². The van der Waals surface area contributed by atoms with E-state index in [9.17, 15) is 9.59 Å². The Bertz CT molecular complexity index is 1080. The van der Waals surface area contributed by atoms with Crippen molar-refractivity contribution in [3.05, 3.63) is 77.4 Å². The minimum atomic E-state index is -0.413. The summed E-state index contributed by atoms with van der Waals surface area (Å²) in [5.41, 5.74) is 3.43. The molecule has 4 rings (SSSR count). The highest BCUT2D eigenvalue weighted by molar-refractivity contribution is 6.18. The van der Waals surface area contributed by atoms with Crippen LogP contribution in [0.1, 0.15) is 35.3 Å². The zero-order valence-corrected chi connectivity index (χ0v) is 20.2. The third-order valence-electron chi connectivity index (χ3n) is 6.09. The standard InChI is InChI=1S/C27H31N3O5/c1-20(28-35-16-6-13-29-14-17-34-18-15-29)19-24-25(21-7-4-3-5-8-21)30(26(24)31)23-11-9-22(10-12-23)27(32)33-2/h3-5,7-12,19,25H,6,13-18H2,1-2H3/b24-19+,28-20+. The summed E-state index contributed by atoms with van der Waals surface area (Å²) in [7, 11) is 1.34. The molecule has 1 amide bonds. The van der Waals surface area contributed by atoms with Crippen molar-refractivity contribution >= 4 is 23.3 Å². The van der Waals surface area contributed by atoms with Gasteiger partial charge in [0.2, 0.25) is 0 Å². The largest absolute Gasteiger partial charge is 0.465 e. The van der Waals surface area contributed by atoms with Gasteiger partial charge in [0, 0.05) is 30.9 Å². The van der Waals surface area contributed by atoms with E-state index in [1.807, 2.05) is 37.3 Å². The molecule has 8 nitrogen and oxygen atoms in total. The summed E-state index contributed by atoms with van der Waals surface area (Å²) < 4.78 is 10.1. The summed E-state index contributed by atoms with van der Waals surface area (Å²) in [6.45, 7) is 6.80. The number of anilines is 1. The second-order valence-corrected chi connectivity index (χ2v) is 8.50. The molecular formula is C27H31N3O5. The number of benzene rings is 2. The average Bonchev–Trinajstić information content (AvgIpc) is 2.90. The van der Waals surface area contributed by atoms with Crippen LogP contribution in [0.2, 0.25) is 0 Å². The lowest BCUT2D eigenvalue weighted by atomic mass is 9.86. The monoisotopic (exact) mass is 477 g/mol. The molecule has 1 unspecified atom stereocenters. The van der Waals surface area contributed by atoms with E-state index in [1.54, 1.807) is 35.2 Å². The van der Waals surface area contributed by atoms with Crippen LogP contribution in [0.4, 0.5) is 5.69 Å². The van der Waals surface area contributed by atoms with Gasteiger partial charge in [0.15, 0.2) is 0 Å². The summed E-state index contributed by atoms with van der Waals surface area (Å²) >= 11 is 0. The van der Waals surface area contributed by atoms with Crippen molar-refractivity contribution in [2.75, 3.05) is 51.5 Å². The van der Waals surface area contributed by atoms with Crippen molar-refractivity contribution in [1.29, 1.82) is 0 Å². The molecule has 2 aromatic rings. The van der Waals surface area contributed by atoms with E-state index in [1.165, 1.54) is 7.11 Å². The summed E-state index contributed by atoms with van der Waals surface area (Å²) in [5, 5.41) is 4.20. The third-order valence-corrected chi connectivity index (χ3v) is 6.09. The fourth-order valence-corrected chi connectivity index (χ4v) is 4.27. The summed E-state index contributed by atoms with van der Waals surface area (Å²) in [5.74, 6) is -0.519.